The largest absolute Gasteiger partial charge is 0.444 e. The highest BCUT2D eigenvalue weighted by molar-refractivity contribution is 7.83. The maximum Gasteiger partial charge on any atom is 0.407 e. The number of fused-ring (bicyclic) bond motifs is 1. The third-order valence-corrected chi connectivity index (χ3v) is 6.36. The number of ether oxygens (including phenoxy) is 1. The van der Waals surface area contributed by atoms with Crippen molar-refractivity contribution in [3.63, 3.8) is 0 Å². The number of aromatic nitrogens is 1. The summed E-state index contributed by atoms with van der Waals surface area (Å²) >= 11 is 0. The van der Waals surface area contributed by atoms with Crippen molar-refractivity contribution in [2.45, 2.75) is 57.0 Å². The number of hydrogen-bond acceptors (Lipinski definition) is 4. The Bertz CT molecular complexity index is 852. The third-order valence-electron chi connectivity index (χ3n) is 5.20. The number of carbonyl (C=O) groups is 1. The summed E-state index contributed by atoms with van der Waals surface area (Å²) < 4.78 is 21.2. The van der Waals surface area contributed by atoms with Gasteiger partial charge in [0.05, 0.1) is 10.4 Å². The van der Waals surface area contributed by atoms with Crippen LogP contribution in [0.15, 0.2) is 41.4 Å². The van der Waals surface area contributed by atoms with Crippen molar-refractivity contribution < 1.29 is 13.7 Å². The molecule has 7 heteroatoms. The van der Waals surface area contributed by atoms with Crippen LogP contribution in [0.2, 0.25) is 0 Å². The van der Waals surface area contributed by atoms with E-state index in [2.05, 4.69) is 15.0 Å². The van der Waals surface area contributed by atoms with E-state index in [1.807, 2.05) is 51.1 Å². The van der Waals surface area contributed by atoms with Crippen molar-refractivity contribution in [3.8, 4) is 0 Å². The molecule has 1 saturated carbocycles. The van der Waals surface area contributed by atoms with Gasteiger partial charge in [-0.3, -0.25) is 4.98 Å². The fourth-order valence-corrected chi connectivity index (χ4v) is 4.77. The van der Waals surface area contributed by atoms with Gasteiger partial charge in [-0.2, -0.15) is 0 Å². The van der Waals surface area contributed by atoms with Gasteiger partial charge in [0.25, 0.3) is 0 Å². The van der Waals surface area contributed by atoms with E-state index < -0.39 is 16.6 Å². The zero-order chi connectivity index (χ0) is 20.9. The molecule has 2 aromatic rings. The maximum absolute atomic E-state index is 12.8. The first-order valence-electron chi connectivity index (χ1n) is 10.3. The number of amides is 1. The molecule has 0 saturated heterocycles. The molecule has 3 rings (SSSR count). The lowest BCUT2D eigenvalue weighted by Gasteiger charge is -2.29. The highest BCUT2D eigenvalue weighted by atomic mass is 32.2. The van der Waals surface area contributed by atoms with Crippen LogP contribution in [-0.4, -0.2) is 34.0 Å². The molecule has 2 N–H and O–H groups in total. The molecule has 1 amide bonds. The average molecular weight is 418 g/mol. The van der Waals surface area contributed by atoms with Gasteiger partial charge in [-0.1, -0.05) is 18.2 Å². The van der Waals surface area contributed by atoms with Crippen molar-refractivity contribution in [1.82, 2.24) is 15.0 Å². The Kier molecular flexibility index (Phi) is 7.24. The summed E-state index contributed by atoms with van der Waals surface area (Å²) in [5, 5.41) is 3.88. The van der Waals surface area contributed by atoms with Gasteiger partial charge in [-0.05, 0) is 70.4 Å². The predicted octanol–water partition coefficient (Wildman–Crippen LogP) is 4.18. The molecule has 1 aromatic carbocycles. The second-order valence-electron chi connectivity index (χ2n) is 8.72. The van der Waals surface area contributed by atoms with Crippen LogP contribution in [0.5, 0.6) is 0 Å². The molecular formula is C22H31N3O3S. The molecule has 0 aliphatic heterocycles. The van der Waals surface area contributed by atoms with Crippen molar-refractivity contribution >= 4 is 28.0 Å². The molecule has 0 spiro atoms. The summed E-state index contributed by atoms with van der Waals surface area (Å²) in [6.07, 6.45) is 5.64. The highest BCUT2D eigenvalue weighted by Crippen LogP contribution is 2.28. The van der Waals surface area contributed by atoms with Gasteiger partial charge in [-0.25, -0.2) is 13.7 Å². The minimum absolute atomic E-state index is 0.347. The van der Waals surface area contributed by atoms with Crippen LogP contribution in [0.1, 0.15) is 46.5 Å². The molecule has 1 aromatic heterocycles. The van der Waals surface area contributed by atoms with Gasteiger partial charge < -0.3 is 10.1 Å². The van der Waals surface area contributed by atoms with Gasteiger partial charge in [0.15, 0.2) is 0 Å². The summed E-state index contributed by atoms with van der Waals surface area (Å²) in [5.41, 5.74) is 0.320. The number of pyridine rings is 1. The molecule has 1 unspecified atom stereocenters. The lowest BCUT2D eigenvalue weighted by Crippen LogP contribution is -2.36. The van der Waals surface area contributed by atoms with Crippen LogP contribution < -0.4 is 10.0 Å². The molecule has 1 aliphatic carbocycles. The van der Waals surface area contributed by atoms with Crippen LogP contribution >= 0.6 is 0 Å². The third kappa shape index (κ3) is 6.51. The molecule has 1 aliphatic rings. The Morgan fingerprint density at radius 3 is 2.45 bits per heavy atom. The quantitative estimate of drug-likeness (QED) is 0.739. The number of nitrogens with zero attached hydrogens (tertiary/aromatic N) is 1. The molecule has 6 nitrogen and oxygen atoms in total. The summed E-state index contributed by atoms with van der Waals surface area (Å²) in [6.45, 7) is 6.97. The molecule has 1 heterocycles. The smallest absolute Gasteiger partial charge is 0.407 e. The van der Waals surface area contributed by atoms with Crippen LogP contribution in [0.25, 0.3) is 10.9 Å². The molecule has 0 radical (unpaired) electrons. The number of carbonyl (C=O) groups excluding carboxylic acids is 1. The van der Waals surface area contributed by atoms with Crippen molar-refractivity contribution in [3.05, 3.63) is 36.5 Å². The average Bonchev–Trinajstić information content (AvgIpc) is 2.69. The normalized spacial score (nSPS) is 20.9. The van der Waals surface area contributed by atoms with Gasteiger partial charge in [0.2, 0.25) is 0 Å². The van der Waals surface area contributed by atoms with E-state index in [1.165, 1.54) is 0 Å². The van der Waals surface area contributed by atoms with Crippen LogP contribution in [0.4, 0.5) is 4.79 Å². The fourth-order valence-electron chi connectivity index (χ4n) is 3.68. The van der Waals surface area contributed by atoms with E-state index in [9.17, 15) is 9.00 Å². The minimum atomic E-state index is -1.27. The monoisotopic (exact) mass is 417 g/mol. The number of hydrogen-bond donors (Lipinski definition) is 2. The summed E-state index contributed by atoms with van der Waals surface area (Å²) in [7, 11) is -1.27. The molecule has 0 bridgehead atoms. The second kappa shape index (κ2) is 9.67. The van der Waals surface area contributed by atoms with Crippen molar-refractivity contribution in [1.29, 1.82) is 0 Å². The van der Waals surface area contributed by atoms with E-state index in [-0.39, 0.29) is 6.09 Å². The summed E-state index contributed by atoms with van der Waals surface area (Å²) in [4.78, 5) is 16.9. The summed E-state index contributed by atoms with van der Waals surface area (Å²) in [5.74, 6) is 0.978. The standard InChI is InChI=1S/C22H31N3O3S/c1-22(2,3)28-21(26)24-14-16-9-11-17(12-10-16)15-25-29(27)19-8-4-6-18-7-5-13-23-20(18)19/h4-8,13,16-17,25H,9-12,14-15H2,1-3H3,(H,24,26). The van der Waals surface area contributed by atoms with Crippen molar-refractivity contribution in [2.75, 3.05) is 13.1 Å². The molecule has 158 valence electrons. The van der Waals surface area contributed by atoms with Crippen LogP contribution in [0.3, 0.4) is 0 Å². The highest BCUT2D eigenvalue weighted by Gasteiger charge is 2.23. The predicted molar refractivity (Wildman–Crippen MR) is 116 cm³/mol. The first-order chi connectivity index (χ1) is 13.8. The van der Waals surface area contributed by atoms with Crippen molar-refractivity contribution in [2.24, 2.45) is 11.8 Å². The van der Waals surface area contributed by atoms with E-state index in [1.54, 1.807) is 6.20 Å². The van der Waals surface area contributed by atoms with Gasteiger partial charge in [-0.15, -0.1) is 0 Å². The Labute approximate surface area is 175 Å². The maximum atomic E-state index is 12.8. The fraction of sp³-hybridized carbons (Fsp3) is 0.545. The molecule has 1 atom stereocenters. The molecule has 1 fully saturated rings. The number of benzene rings is 1. The molecular weight excluding hydrogens is 386 g/mol. The minimum Gasteiger partial charge on any atom is -0.444 e. The second-order valence-corrected chi connectivity index (χ2v) is 9.98. The van der Waals surface area contributed by atoms with Gasteiger partial charge in [0.1, 0.15) is 16.6 Å². The Morgan fingerprint density at radius 1 is 1.10 bits per heavy atom. The number of nitrogens with one attached hydrogen (secondary N) is 2. The lowest BCUT2D eigenvalue weighted by atomic mass is 9.82. The number of rotatable bonds is 6. The Hall–Kier alpha value is -1.99. The zero-order valence-electron chi connectivity index (χ0n) is 17.4. The van der Waals surface area contributed by atoms with Crippen LogP contribution in [-0.2, 0) is 15.7 Å². The summed E-state index contributed by atoms with van der Waals surface area (Å²) in [6, 6.07) is 9.64. The van der Waals surface area contributed by atoms with Crippen LogP contribution in [0, 0.1) is 11.8 Å². The van der Waals surface area contributed by atoms with E-state index in [0.29, 0.717) is 18.4 Å². The first kappa shape index (κ1) is 21.7. The number of alkyl carbamates (subject to hydrolysis) is 1. The zero-order valence-corrected chi connectivity index (χ0v) is 18.3. The number of para-hydroxylation sites is 1. The first-order valence-corrected chi connectivity index (χ1v) is 11.4. The topological polar surface area (TPSA) is 80.3 Å². The SMILES string of the molecule is CC(C)(C)OC(=O)NCC1CCC(CNS(=O)c2cccc3cccnc23)CC1. The van der Waals surface area contributed by atoms with Gasteiger partial charge >= 0.3 is 6.09 Å². The van der Waals surface area contributed by atoms with E-state index in [4.69, 9.17) is 4.74 Å². The van der Waals surface area contributed by atoms with E-state index >= 15 is 0 Å². The van der Waals surface area contributed by atoms with Gasteiger partial charge in [0, 0.05) is 24.7 Å². The van der Waals surface area contributed by atoms with E-state index in [0.717, 1.165) is 48.0 Å². The Morgan fingerprint density at radius 2 is 1.76 bits per heavy atom. The lowest BCUT2D eigenvalue weighted by molar-refractivity contribution is 0.0513. The molecule has 29 heavy (non-hydrogen) atoms. The Balaban J connectivity index is 1.42.